The summed E-state index contributed by atoms with van der Waals surface area (Å²) in [7, 11) is 0. The summed E-state index contributed by atoms with van der Waals surface area (Å²) in [5.74, 6) is 0.470. The maximum Gasteiger partial charge on any atom is 0.415 e. The molecule has 4 bridgehead atoms. The smallest absolute Gasteiger partial charge is 0.415 e. The summed E-state index contributed by atoms with van der Waals surface area (Å²) >= 11 is -0.632. The van der Waals surface area contributed by atoms with E-state index in [0.717, 1.165) is 69.1 Å². The van der Waals surface area contributed by atoms with Gasteiger partial charge < -0.3 is 9.47 Å². The van der Waals surface area contributed by atoms with Crippen molar-refractivity contribution < 1.29 is 42.5 Å². The molecule has 4 saturated carbocycles. The van der Waals surface area contributed by atoms with Crippen LogP contribution in [0, 0.1) is 23.2 Å². The lowest BCUT2D eigenvalue weighted by molar-refractivity contribution is -0.433. The summed E-state index contributed by atoms with van der Waals surface area (Å²) in [6, 6.07) is 0. The summed E-state index contributed by atoms with van der Waals surface area (Å²) in [6.45, 7) is 0.349. The number of esters is 2. The van der Waals surface area contributed by atoms with Gasteiger partial charge in [-0.1, -0.05) is 30.7 Å². The molecule has 1 N–H and O–H groups in total. The summed E-state index contributed by atoms with van der Waals surface area (Å²) in [4.78, 5) is 23.9. The second kappa shape index (κ2) is 11.2. The maximum absolute atomic E-state index is 13.2. The number of ether oxygens (including phenoxy) is 2. The number of halogens is 2. The van der Waals surface area contributed by atoms with Crippen LogP contribution in [0.2, 0.25) is 0 Å². The fourth-order valence-corrected chi connectivity index (χ4v) is 6.17. The van der Waals surface area contributed by atoms with E-state index >= 15 is 0 Å². The van der Waals surface area contributed by atoms with Gasteiger partial charge in [-0.25, -0.2) is 10.1 Å². The van der Waals surface area contributed by atoms with Crippen LogP contribution in [0.3, 0.4) is 0 Å². The van der Waals surface area contributed by atoms with Crippen LogP contribution in [0.4, 0.5) is 8.78 Å². The van der Waals surface area contributed by atoms with Gasteiger partial charge >= 0.3 is 17.2 Å². The Labute approximate surface area is 185 Å². The zero-order valence-corrected chi connectivity index (χ0v) is 18.5. The third-order valence-corrected chi connectivity index (χ3v) is 7.39. The van der Waals surface area contributed by atoms with Crippen molar-refractivity contribution in [2.24, 2.45) is 23.2 Å². The summed E-state index contributed by atoms with van der Waals surface area (Å²) in [6.07, 6.45) is 11.8. The highest BCUT2D eigenvalue weighted by Gasteiger charge is 2.55. The molecule has 0 radical (unpaired) electrons. The number of alkyl halides is 2. The lowest BCUT2D eigenvalue weighted by Crippen LogP contribution is -2.50. The molecule has 4 aliphatic rings. The molecule has 0 aromatic carbocycles. The van der Waals surface area contributed by atoms with Gasteiger partial charge in [0.2, 0.25) is 0 Å². The number of hydrogen-bond donors (Lipinski definition) is 1. The summed E-state index contributed by atoms with van der Waals surface area (Å²) in [5.41, 5.74) is -0.196. The molecule has 0 heterocycles. The van der Waals surface area contributed by atoms with Gasteiger partial charge in [-0.05, 0) is 69.1 Å². The van der Waals surface area contributed by atoms with Crippen molar-refractivity contribution in [3.63, 3.8) is 0 Å². The predicted molar refractivity (Wildman–Crippen MR) is 108 cm³/mol. The average molecular weight is 467 g/mol. The van der Waals surface area contributed by atoms with Crippen LogP contribution in [0.1, 0.15) is 77.0 Å². The van der Waals surface area contributed by atoms with E-state index in [1.54, 1.807) is 0 Å². The van der Waals surface area contributed by atoms with Crippen molar-refractivity contribution in [3.8, 4) is 0 Å². The molecule has 31 heavy (non-hydrogen) atoms. The maximum atomic E-state index is 13.2. The van der Waals surface area contributed by atoms with Crippen LogP contribution in [0.5, 0.6) is 0 Å². The molecule has 0 aliphatic heterocycles. The highest BCUT2D eigenvalue weighted by Crippen LogP contribution is 2.60. The second-order valence-electron chi connectivity index (χ2n) is 9.33. The van der Waals surface area contributed by atoms with Gasteiger partial charge in [0.1, 0.15) is 12.0 Å². The van der Waals surface area contributed by atoms with Crippen molar-refractivity contribution in [2.75, 3.05) is 13.2 Å². The van der Waals surface area contributed by atoms with E-state index in [1.807, 2.05) is 0 Å². The van der Waals surface area contributed by atoms with E-state index < -0.39 is 23.3 Å². The van der Waals surface area contributed by atoms with Gasteiger partial charge in [-0.2, -0.15) is 8.78 Å². The van der Waals surface area contributed by atoms with Crippen LogP contribution in [0.15, 0.2) is 0 Å². The van der Waals surface area contributed by atoms with E-state index in [4.69, 9.17) is 9.99 Å². The zero-order chi connectivity index (χ0) is 22.3. The quantitative estimate of drug-likeness (QED) is 0.121. The van der Waals surface area contributed by atoms with Crippen molar-refractivity contribution in [1.82, 2.24) is 0 Å². The number of carbonyl (C=O) groups is 2. The molecule has 0 aromatic heterocycles. The van der Waals surface area contributed by atoms with Gasteiger partial charge in [0.05, 0.1) is 18.6 Å². The predicted octanol–water partition coefficient (Wildman–Crippen LogP) is 5.29. The first kappa shape index (κ1) is 24.7. The van der Waals surface area contributed by atoms with Gasteiger partial charge in [0.15, 0.2) is 0 Å². The molecule has 4 rings (SSSR count). The molecule has 10 heteroatoms. The molecule has 4 fully saturated rings. The first-order chi connectivity index (χ1) is 14.8. The SMILES string of the molecule is O=C(OCCCCCCCCOC(=O)C(F)(F)SOOO)C12CC3CC(CC(C3)C1)C2. The monoisotopic (exact) mass is 466 g/mol. The first-order valence-electron chi connectivity index (χ1n) is 11.2. The molecule has 178 valence electrons. The molecule has 4 aliphatic carbocycles. The van der Waals surface area contributed by atoms with E-state index in [1.165, 1.54) is 19.3 Å². The first-order valence-corrected chi connectivity index (χ1v) is 12.0. The third kappa shape index (κ3) is 6.76. The van der Waals surface area contributed by atoms with Crippen LogP contribution in [-0.4, -0.2) is 35.7 Å². The molecular formula is C21H32F2O7S. The Hall–Kier alpha value is -0.970. The fraction of sp³-hybridized carbons (Fsp3) is 0.905. The number of hydrogen-bond acceptors (Lipinski definition) is 8. The minimum atomic E-state index is -3.95. The Morgan fingerprint density at radius 2 is 1.35 bits per heavy atom. The van der Waals surface area contributed by atoms with Gasteiger partial charge in [0.25, 0.3) is 0 Å². The Kier molecular flexibility index (Phi) is 8.95. The Balaban J connectivity index is 1.18. The standard InChI is InChI=1S/C21H32F2O7S/c22-21(23,31-30-29-26)19(25)28-8-6-4-2-1-3-5-7-27-18(24)20-12-15-9-16(13-20)11-17(10-15)14-20/h15-17,26H,1-14H2. The topological polar surface area (TPSA) is 91.3 Å². The van der Waals surface area contributed by atoms with Crippen molar-refractivity contribution in [2.45, 2.75) is 82.3 Å². The molecule has 0 unspecified atom stereocenters. The average Bonchev–Trinajstić information content (AvgIpc) is 2.72. The number of unbranched alkanes of at least 4 members (excludes halogenated alkanes) is 5. The van der Waals surface area contributed by atoms with Crippen LogP contribution in [0.25, 0.3) is 0 Å². The Bertz CT molecular complexity index is 581. The van der Waals surface area contributed by atoms with Crippen LogP contribution >= 0.6 is 12.0 Å². The molecule has 0 amide bonds. The highest BCUT2D eigenvalue weighted by atomic mass is 32.2. The lowest BCUT2D eigenvalue weighted by atomic mass is 9.49. The van der Waals surface area contributed by atoms with Gasteiger partial charge in [-0.3, -0.25) is 4.79 Å². The lowest BCUT2D eigenvalue weighted by Gasteiger charge is -2.55. The van der Waals surface area contributed by atoms with Crippen molar-refractivity contribution >= 4 is 24.0 Å². The molecule has 0 spiro atoms. The molecule has 7 nitrogen and oxygen atoms in total. The highest BCUT2D eigenvalue weighted by molar-refractivity contribution is 7.96. The number of carbonyl (C=O) groups excluding carboxylic acids is 2. The van der Waals surface area contributed by atoms with Crippen molar-refractivity contribution in [3.05, 3.63) is 0 Å². The largest absolute Gasteiger partial charge is 0.465 e. The zero-order valence-electron chi connectivity index (χ0n) is 17.7. The normalized spacial score (nSPS) is 29.2. The fourth-order valence-electron chi connectivity index (χ4n) is 5.93. The van der Waals surface area contributed by atoms with Crippen molar-refractivity contribution in [1.29, 1.82) is 0 Å². The van der Waals surface area contributed by atoms with Crippen LogP contribution in [-0.2, 0) is 28.4 Å². The molecule has 0 aromatic rings. The Morgan fingerprint density at radius 3 is 1.87 bits per heavy atom. The minimum Gasteiger partial charge on any atom is -0.465 e. The summed E-state index contributed by atoms with van der Waals surface area (Å²) in [5, 5.41) is 6.93. The number of rotatable bonds is 14. The van der Waals surface area contributed by atoms with Crippen LogP contribution < -0.4 is 0 Å². The van der Waals surface area contributed by atoms with Gasteiger partial charge in [0, 0.05) is 0 Å². The molecule has 0 saturated heterocycles. The van der Waals surface area contributed by atoms with E-state index in [9.17, 15) is 18.4 Å². The van der Waals surface area contributed by atoms with E-state index in [-0.39, 0.29) is 18.0 Å². The molecule has 0 atom stereocenters. The van der Waals surface area contributed by atoms with E-state index in [2.05, 4.69) is 14.1 Å². The van der Waals surface area contributed by atoms with E-state index in [0.29, 0.717) is 13.0 Å². The minimum absolute atomic E-state index is 0.0272. The molecular weight excluding hydrogens is 434 g/mol. The summed E-state index contributed by atoms with van der Waals surface area (Å²) < 4.78 is 40.0. The van der Waals surface area contributed by atoms with Gasteiger partial charge in [-0.15, -0.1) is 4.33 Å². The third-order valence-electron chi connectivity index (χ3n) is 6.88. The second-order valence-corrected chi connectivity index (χ2v) is 10.1. The Morgan fingerprint density at radius 1 is 0.871 bits per heavy atom.